The Balaban J connectivity index is 1.54. The number of rotatable bonds is 2. The number of nitrogens with one attached hydrogen (secondary N) is 1. The minimum absolute atomic E-state index is 0.122. The maximum atomic E-state index is 12.2. The molecule has 4 rings (SSSR count). The van der Waals surface area contributed by atoms with Gasteiger partial charge >= 0.3 is 0 Å². The second-order valence-electron chi connectivity index (χ2n) is 6.03. The topological polar surface area (TPSA) is 59.9 Å². The van der Waals surface area contributed by atoms with Crippen molar-refractivity contribution in [3.05, 3.63) is 27.6 Å². The van der Waals surface area contributed by atoms with Crippen molar-refractivity contribution in [2.75, 3.05) is 6.79 Å². The Labute approximate surface area is 149 Å². The van der Waals surface area contributed by atoms with E-state index < -0.39 is 0 Å². The van der Waals surface area contributed by atoms with E-state index in [0.717, 1.165) is 18.4 Å². The summed E-state index contributed by atoms with van der Waals surface area (Å²) in [5.41, 5.74) is 0.806. The summed E-state index contributed by atoms with van der Waals surface area (Å²) < 4.78 is 10.7. The van der Waals surface area contributed by atoms with Gasteiger partial charge in [0.25, 0.3) is 5.91 Å². The van der Waals surface area contributed by atoms with E-state index in [1.165, 1.54) is 31.0 Å². The van der Waals surface area contributed by atoms with Crippen LogP contribution in [-0.4, -0.2) is 23.9 Å². The predicted octanol–water partition coefficient (Wildman–Crippen LogP) is 3.96. The van der Waals surface area contributed by atoms with E-state index >= 15 is 0 Å². The van der Waals surface area contributed by atoms with Crippen LogP contribution in [0.3, 0.4) is 0 Å². The maximum Gasteiger partial charge on any atom is 0.264 e. The first kappa shape index (κ1) is 15.8. The number of carbonyl (C=O) groups excluding carboxylic acids is 1. The predicted molar refractivity (Wildman–Crippen MR) is 95.6 cm³/mol. The highest BCUT2D eigenvalue weighted by molar-refractivity contribution is 8.18. The Morgan fingerprint density at radius 1 is 1.25 bits per heavy atom. The van der Waals surface area contributed by atoms with Gasteiger partial charge in [-0.3, -0.25) is 9.79 Å². The normalized spacial score (nSPS) is 24.0. The number of hydrogen-bond donors (Lipinski definition) is 1. The number of amidine groups is 1. The summed E-state index contributed by atoms with van der Waals surface area (Å²) >= 11 is 7.57. The second-order valence-corrected chi connectivity index (χ2v) is 7.47. The van der Waals surface area contributed by atoms with Gasteiger partial charge in [0.2, 0.25) is 6.79 Å². The Bertz CT molecular complexity index is 742. The third-order valence-corrected chi connectivity index (χ3v) is 5.48. The molecule has 126 valence electrons. The Morgan fingerprint density at radius 3 is 2.92 bits per heavy atom. The van der Waals surface area contributed by atoms with Gasteiger partial charge in [0.05, 0.1) is 16.0 Å². The van der Waals surface area contributed by atoms with Crippen LogP contribution in [0.25, 0.3) is 6.08 Å². The maximum absolute atomic E-state index is 12.2. The summed E-state index contributed by atoms with van der Waals surface area (Å²) in [5.74, 6) is 1.04. The standard InChI is InChI=1S/C17H17ClN2O3S/c18-12-6-10(7-13-15(12)23-9-22-13)8-14-16(21)20-17(24-14)19-11-4-2-1-3-5-11/h6-8,11H,1-5,9H2,(H,19,20,21)/b14-8+. The van der Waals surface area contributed by atoms with E-state index in [-0.39, 0.29) is 12.7 Å². The smallest absolute Gasteiger partial charge is 0.264 e. The number of nitrogens with zero attached hydrogens (tertiary/aromatic N) is 1. The molecule has 2 fully saturated rings. The summed E-state index contributed by atoms with van der Waals surface area (Å²) in [5, 5.41) is 4.04. The zero-order valence-electron chi connectivity index (χ0n) is 13.0. The van der Waals surface area contributed by atoms with Crippen molar-refractivity contribution < 1.29 is 14.3 Å². The van der Waals surface area contributed by atoms with Crippen LogP contribution in [0.4, 0.5) is 0 Å². The fourth-order valence-corrected chi connectivity index (χ4v) is 4.25. The minimum atomic E-state index is -0.122. The van der Waals surface area contributed by atoms with Crippen LogP contribution in [0.5, 0.6) is 11.5 Å². The summed E-state index contributed by atoms with van der Waals surface area (Å²) in [6.07, 6.45) is 7.75. The van der Waals surface area contributed by atoms with Gasteiger partial charge in [0.15, 0.2) is 16.7 Å². The van der Waals surface area contributed by atoms with Crippen LogP contribution in [0.15, 0.2) is 22.0 Å². The number of hydrogen-bond acceptors (Lipinski definition) is 5. The Morgan fingerprint density at radius 2 is 2.08 bits per heavy atom. The summed E-state index contributed by atoms with van der Waals surface area (Å²) in [6, 6.07) is 3.93. The molecule has 0 atom stereocenters. The van der Waals surface area contributed by atoms with Crippen LogP contribution < -0.4 is 14.8 Å². The average molecular weight is 365 g/mol. The molecule has 24 heavy (non-hydrogen) atoms. The van der Waals surface area contributed by atoms with Crippen molar-refractivity contribution in [1.82, 2.24) is 5.32 Å². The molecule has 2 heterocycles. The highest BCUT2D eigenvalue weighted by atomic mass is 35.5. The van der Waals surface area contributed by atoms with E-state index in [1.54, 1.807) is 12.1 Å². The molecule has 1 amide bonds. The lowest BCUT2D eigenvalue weighted by Crippen LogP contribution is -2.22. The SMILES string of the molecule is O=C1NC(=NC2CCCCC2)S/C1=C/c1cc(Cl)c2c(c1)OCO2. The number of fused-ring (bicyclic) bond motifs is 1. The molecule has 0 aromatic heterocycles. The highest BCUT2D eigenvalue weighted by Crippen LogP contribution is 2.41. The highest BCUT2D eigenvalue weighted by Gasteiger charge is 2.26. The lowest BCUT2D eigenvalue weighted by atomic mass is 9.96. The van der Waals surface area contributed by atoms with Gasteiger partial charge in [-0.05, 0) is 48.4 Å². The van der Waals surface area contributed by atoms with Crippen molar-refractivity contribution in [2.24, 2.45) is 4.99 Å². The van der Waals surface area contributed by atoms with E-state index in [2.05, 4.69) is 10.3 Å². The van der Waals surface area contributed by atoms with Crippen LogP contribution in [0.2, 0.25) is 5.02 Å². The Hall–Kier alpha value is -1.66. The van der Waals surface area contributed by atoms with E-state index in [9.17, 15) is 4.79 Å². The number of benzene rings is 1. The van der Waals surface area contributed by atoms with Crippen LogP contribution in [0, 0.1) is 0 Å². The first-order chi connectivity index (χ1) is 11.7. The fourth-order valence-electron chi connectivity index (χ4n) is 3.09. The van der Waals surface area contributed by atoms with Crippen LogP contribution >= 0.6 is 23.4 Å². The van der Waals surface area contributed by atoms with Gasteiger partial charge in [-0.25, -0.2) is 0 Å². The largest absolute Gasteiger partial charge is 0.454 e. The lowest BCUT2D eigenvalue weighted by Gasteiger charge is -2.17. The number of aliphatic imine (C=N–C) groups is 1. The number of halogens is 1. The van der Waals surface area contributed by atoms with E-state index in [1.807, 2.05) is 6.07 Å². The van der Waals surface area contributed by atoms with Crippen LogP contribution in [-0.2, 0) is 4.79 Å². The quantitative estimate of drug-likeness (QED) is 0.807. The molecule has 7 heteroatoms. The van der Waals surface area contributed by atoms with Gasteiger partial charge in [-0.15, -0.1) is 0 Å². The van der Waals surface area contributed by atoms with E-state index in [4.69, 9.17) is 21.1 Å². The third-order valence-electron chi connectivity index (χ3n) is 4.27. The molecule has 2 aliphatic heterocycles. The van der Waals surface area contributed by atoms with Gasteiger partial charge < -0.3 is 14.8 Å². The molecule has 0 spiro atoms. The molecule has 1 N–H and O–H groups in total. The Kier molecular flexibility index (Phi) is 4.41. The molecule has 5 nitrogen and oxygen atoms in total. The molecule has 1 aromatic rings. The fraction of sp³-hybridized carbons (Fsp3) is 0.412. The molecule has 0 bridgehead atoms. The zero-order valence-corrected chi connectivity index (χ0v) is 14.6. The van der Waals surface area contributed by atoms with Crippen molar-refractivity contribution in [3.8, 4) is 11.5 Å². The number of carbonyl (C=O) groups is 1. The van der Waals surface area contributed by atoms with Crippen LogP contribution in [0.1, 0.15) is 37.7 Å². The molecule has 0 radical (unpaired) electrons. The lowest BCUT2D eigenvalue weighted by molar-refractivity contribution is -0.115. The zero-order chi connectivity index (χ0) is 16.5. The van der Waals surface area contributed by atoms with Gasteiger partial charge in [-0.1, -0.05) is 30.9 Å². The number of amides is 1. The molecular formula is C17H17ClN2O3S. The first-order valence-electron chi connectivity index (χ1n) is 8.07. The molecule has 1 aliphatic carbocycles. The first-order valence-corrected chi connectivity index (χ1v) is 9.26. The third kappa shape index (κ3) is 3.26. The summed E-state index contributed by atoms with van der Waals surface area (Å²) in [7, 11) is 0. The minimum Gasteiger partial charge on any atom is -0.454 e. The molecule has 1 saturated carbocycles. The molecular weight excluding hydrogens is 348 g/mol. The average Bonchev–Trinajstić information content (AvgIpc) is 3.16. The summed E-state index contributed by atoms with van der Waals surface area (Å²) in [4.78, 5) is 17.5. The van der Waals surface area contributed by atoms with Crippen molar-refractivity contribution >= 4 is 40.5 Å². The molecule has 1 aromatic carbocycles. The number of ether oxygens (including phenoxy) is 2. The van der Waals surface area contributed by atoms with Crippen molar-refractivity contribution in [3.63, 3.8) is 0 Å². The second kappa shape index (κ2) is 6.69. The molecule has 0 unspecified atom stereocenters. The van der Waals surface area contributed by atoms with Crippen molar-refractivity contribution in [2.45, 2.75) is 38.1 Å². The van der Waals surface area contributed by atoms with Gasteiger partial charge in [-0.2, -0.15) is 0 Å². The summed E-state index contributed by atoms with van der Waals surface area (Å²) in [6.45, 7) is 0.169. The monoisotopic (exact) mass is 364 g/mol. The van der Waals surface area contributed by atoms with E-state index in [0.29, 0.717) is 32.6 Å². The van der Waals surface area contributed by atoms with Gasteiger partial charge in [0, 0.05) is 0 Å². The van der Waals surface area contributed by atoms with Crippen molar-refractivity contribution in [1.29, 1.82) is 0 Å². The van der Waals surface area contributed by atoms with Gasteiger partial charge in [0.1, 0.15) is 0 Å². The molecule has 1 saturated heterocycles. The molecule has 3 aliphatic rings. The number of thioether (sulfide) groups is 1.